The van der Waals surface area contributed by atoms with Crippen LogP contribution in [0.25, 0.3) is 0 Å². The molecule has 23 nitrogen and oxygen atoms in total. The Hall–Kier alpha value is -4.05. The molecule has 3 unspecified atom stereocenters. The van der Waals surface area contributed by atoms with Gasteiger partial charge in [0.05, 0.1) is 110 Å². The van der Waals surface area contributed by atoms with Gasteiger partial charge in [0.25, 0.3) is 11.7 Å². The quantitative estimate of drug-likeness (QED) is 0.0258. The fraction of sp³-hybridized carbons (Fsp3) is 0.809. The minimum Gasteiger partial charge on any atom is -0.460 e. The Bertz CT molecular complexity index is 2250. The number of fused-ring (bicyclic) bond motifs is 3. The van der Waals surface area contributed by atoms with Crippen LogP contribution < -0.4 is 5.32 Å². The minimum atomic E-state index is -2.46. The number of hydrogen-bond donors (Lipinski definition) is 4. The van der Waals surface area contributed by atoms with E-state index < -0.39 is 102 Å². The molecule has 4 N–H and O–H groups in total. The van der Waals surface area contributed by atoms with Gasteiger partial charge in [-0.1, -0.05) is 71.1 Å². The van der Waals surface area contributed by atoms with Crippen LogP contribution in [0, 0.1) is 35.5 Å². The summed E-state index contributed by atoms with van der Waals surface area (Å²) in [5, 5.41) is 38.5. The van der Waals surface area contributed by atoms with Gasteiger partial charge in [0.2, 0.25) is 5.79 Å². The molecule has 3 aliphatic heterocycles. The summed E-state index contributed by atoms with van der Waals surface area (Å²) in [6.07, 6.45) is 9.24. The van der Waals surface area contributed by atoms with Gasteiger partial charge in [-0.15, -0.1) is 0 Å². The third-order valence-electron chi connectivity index (χ3n) is 17.8. The van der Waals surface area contributed by atoms with Crippen molar-refractivity contribution in [1.29, 1.82) is 0 Å². The minimum absolute atomic E-state index is 0.00298. The maximum Gasteiger partial charge on any atom is 0.407 e. The van der Waals surface area contributed by atoms with Crippen LogP contribution in [-0.2, 0) is 80.8 Å². The number of rotatable bonds is 29. The van der Waals surface area contributed by atoms with Crippen molar-refractivity contribution in [3.05, 3.63) is 47.6 Å². The van der Waals surface area contributed by atoms with Crippen molar-refractivity contribution in [1.82, 2.24) is 10.2 Å². The number of hydrogen-bond acceptors (Lipinski definition) is 21. The number of alkyl carbamates (subject to hydrolysis) is 1. The van der Waals surface area contributed by atoms with E-state index in [1.807, 2.05) is 65.0 Å². The van der Waals surface area contributed by atoms with Crippen LogP contribution in [0.4, 0.5) is 4.79 Å². The van der Waals surface area contributed by atoms with Crippen molar-refractivity contribution in [2.45, 2.75) is 193 Å². The van der Waals surface area contributed by atoms with Gasteiger partial charge < -0.3 is 87.1 Å². The predicted molar refractivity (Wildman–Crippen MR) is 340 cm³/mol. The number of Topliss-reactive ketones (excluding diaryl/α,β-unsaturated/α-hetero) is 2. The second-order valence-corrected chi connectivity index (χ2v) is 25.0. The first-order chi connectivity index (χ1) is 43.7. The van der Waals surface area contributed by atoms with E-state index in [0.29, 0.717) is 156 Å². The molecule has 1 saturated carbocycles. The van der Waals surface area contributed by atoms with Crippen molar-refractivity contribution in [3.63, 3.8) is 0 Å². The average molecular weight is 1300 g/mol. The highest BCUT2D eigenvalue weighted by Gasteiger charge is 2.53. The fourth-order valence-corrected chi connectivity index (χ4v) is 12.2. The number of nitrogens with one attached hydrogen (secondary N) is 1. The maximum absolute atomic E-state index is 14.7. The van der Waals surface area contributed by atoms with Crippen molar-refractivity contribution in [3.8, 4) is 0 Å². The first kappa shape index (κ1) is 79.4. The summed E-state index contributed by atoms with van der Waals surface area (Å²) in [6, 6.07) is -1.17. The molecule has 4 aliphatic rings. The lowest BCUT2D eigenvalue weighted by Crippen LogP contribution is -2.61. The summed E-state index contributed by atoms with van der Waals surface area (Å²) in [4.78, 5) is 71.7. The predicted octanol–water partition coefficient (Wildman–Crippen LogP) is 6.84. The number of ketones is 2. The van der Waals surface area contributed by atoms with Gasteiger partial charge in [-0.05, 0) is 114 Å². The smallest absolute Gasteiger partial charge is 0.407 e. The van der Waals surface area contributed by atoms with Crippen LogP contribution in [0.3, 0.4) is 0 Å². The molecule has 0 aromatic carbocycles. The summed E-state index contributed by atoms with van der Waals surface area (Å²) < 4.78 is 74.3. The lowest BCUT2D eigenvalue weighted by Gasteiger charge is -2.43. The highest BCUT2D eigenvalue weighted by molar-refractivity contribution is 6.39. The van der Waals surface area contributed by atoms with Crippen LogP contribution in [0.2, 0.25) is 0 Å². The van der Waals surface area contributed by atoms with Gasteiger partial charge in [0.1, 0.15) is 30.5 Å². The van der Waals surface area contributed by atoms with E-state index in [4.69, 9.17) is 61.6 Å². The van der Waals surface area contributed by atoms with Gasteiger partial charge in [-0.2, -0.15) is 0 Å². The molecule has 16 atom stereocenters. The number of aliphatic hydroxyl groups excluding tert-OH is 2. The van der Waals surface area contributed by atoms with Crippen molar-refractivity contribution >= 4 is 29.5 Å². The molecule has 0 radical (unpaired) electrons. The summed E-state index contributed by atoms with van der Waals surface area (Å²) >= 11 is 0. The molecule has 2 amide bonds. The van der Waals surface area contributed by atoms with E-state index in [2.05, 4.69) is 5.32 Å². The standard InChI is InChI=1S/C68H114N2O21/c1-12-82-28-29-84-32-33-86-36-37-88-39-38-87-35-34-85-31-30-83-27-25-69-67(77)90-57-24-22-53(43-60(57)80-10)42-49(5)59-45-56(71)48(4)41-51(7)62(73)63(81-11)61(72)50(6)40-46(2)18-14-13-15-19-47(3)58(79-9)44-54-23-21-52(8)68(78,91-54)64(74)65(75)70-26-17-16-20-55(70)66(76)89-59/h13-15,18-19,41,46,48-50,52-60,62-63,71,73,78H,12,16-17,20-40,42-45H2,1-11H3,(H,69,77)/b15-13+,18-14+,47-19+,51-41+/t46-,48?,49-,50?,52-,53?,54+,55+,56-,57-,58+,59+,60-,62-,63+,68-/m1/s1. The molecule has 1 aliphatic carbocycles. The largest absolute Gasteiger partial charge is 0.460 e. The van der Waals surface area contributed by atoms with E-state index in [0.717, 1.165) is 5.57 Å². The number of amides is 2. The SMILES string of the molecule is CCOCCOCCOCCOCCOCCOCCOCCNC(=O)O[C@@H]1CCC(C[C@@H](C)[C@@H]2C[C@@H](O)C(C)/C=C(\C)[C@@H](O)[C@@H](OC)C(=O)C(C)C[C@H](C)/C=C/C=C/C=C(\C)[C@@H](OC)C[C@@H]3CC[C@@H](C)[C@@](O)(O3)C(=O)C(=O)N3CCCC[C@H]3C(=O)O2)C[C@H]1OC. The number of carbonyl (C=O) groups excluding carboxylic acids is 5. The highest BCUT2D eigenvalue weighted by Crippen LogP contribution is 2.38. The zero-order chi connectivity index (χ0) is 66.7. The Morgan fingerprint density at radius 2 is 1.32 bits per heavy atom. The number of piperidine rings is 1. The highest BCUT2D eigenvalue weighted by atomic mass is 16.6. The molecule has 0 aromatic rings. The first-order valence-corrected chi connectivity index (χ1v) is 33.3. The molecule has 3 fully saturated rings. The lowest BCUT2D eigenvalue weighted by molar-refractivity contribution is -0.265. The first-order valence-electron chi connectivity index (χ1n) is 33.3. The second kappa shape index (κ2) is 43.8. The number of allylic oxidation sites excluding steroid dienone is 5. The molecule has 0 aromatic heterocycles. The molecular formula is C68H114N2O21. The number of cyclic esters (lactones) is 1. The van der Waals surface area contributed by atoms with E-state index in [1.54, 1.807) is 41.1 Å². The van der Waals surface area contributed by atoms with Crippen molar-refractivity contribution < 1.29 is 101 Å². The van der Waals surface area contributed by atoms with Crippen molar-refractivity contribution in [2.75, 3.05) is 127 Å². The molecule has 522 valence electrons. The van der Waals surface area contributed by atoms with Gasteiger partial charge in [-0.25, -0.2) is 9.59 Å². The van der Waals surface area contributed by atoms with E-state index in [1.165, 1.54) is 12.0 Å². The maximum atomic E-state index is 14.7. The normalized spacial score (nSPS) is 33.0. The molecule has 23 heteroatoms. The Labute approximate surface area is 541 Å². The van der Waals surface area contributed by atoms with Crippen LogP contribution in [0.5, 0.6) is 0 Å². The number of ether oxygens (including phenoxy) is 13. The molecule has 2 bridgehead atoms. The Balaban J connectivity index is 1.38. The number of esters is 1. The molecule has 2 saturated heterocycles. The zero-order valence-electron chi connectivity index (χ0n) is 56.6. The molecule has 4 rings (SSSR count). The van der Waals surface area contributed by atoms with E-state index in [9.17, 15) is 39.3 Å². The monoisotopic (exact) mass is 1290 g/mol. The Kier molecular flexibility index (Phi) is 38.2. The average Bonchev–Trinajstić information content (AvgIpc) is 1.05. The molecule has 3 heterocycles. The molecular weight excluding hydrogens is 1180 g/mol. The topological polar surface area (TPSA) is 281 Å². The number of aliphatic hydroxyl groups is 3. The summed E-state index contributed by atoms with van der Waals surface area (Å²) in [5.74, 6) is -7.79. The fourth-order valence-electron chi connectivity index (χ4n) is 12.2. The van der Waals surface area contributed by atoms with Gasteiger partial charge in [0, 0.05) is 71.6 Å². The van der Waals surface area contributed by atoms with Crippen molar-refractivity contribution in [2.24, 2.45) is 35.5 Å². The number of carbonyl (C=O) groups is 5. The van der Waals surface area contributed by atoms with Crippen LogP contribution >= 0.6 is 0 Å². The summed E-state index contributed by atoms with van der Waals surface area (Å²) in [7, 11) is 4.53. The van der Waals surface area contributed by atoms with Crippen LogP contribution in [0.15, 0.2) is 47.6 Å². The Morgan fingerprint density at radius 1 is 0.703 bits per heavy atom. The molecule has 0 spiro atoms. The van der Waals surface area contributed by atoms with E-state index in [-0.39, 0.29) is 56.1 Å². The number of methoxy groups -OCH3 is 3. The Morgan fingerprint density at radius 3 is 1.91 bits per heavy atom. The molecule has 91 heavy (non-hydrogen) atoms. The van der Waals surface area contributed by atoms with Gasteiger partial charge in [-0.3, -0.25) is 14.4 Å². The van der Waals surface area contributed by atoms with Crippen LogP contribution in [-0.4, -0.2) is 237 Å². The van der Waals surface area contributed by atoms with E-state index >= 15 is 0 Å². The summed E-state index contributed by atoms with van der Waals surface area (Å²) in [6.45, 7) is 21.4. The second-order valence-electron chi connectivity index (χ2n) is 25.0. The van der Waals surface area contributed by atoms with Gasteiger partial charge in [0.15, 0.2) is 5.78 Å². The van der Waals surface area contributed by atoms with Gasteiger partial charge >= 0.3 is 12.1 Å². The van der Waals surface area contributed by atoms with Crippen LogP contribution in [0.1, 0.15) is 132 Å². The third kappa shape index (κ3) is 27.7. The third-order valence-corrected chi connectivity index (χ3v) is 17.8. The lowest BCUT2D eigenvalue weighted by atomic mass is 9.78. The summed E-state index contributed by atoms with van der Waals surface area (Å²) in [5.41, 5.74) is 1.29. The number of nitrogens with zero attached hydrogens (tertiary/aromatic N) is 1. The zero-order valence-corrected chi connectivity index (χ0v) is 56.6.